The quantitative estimate of drug-likeness (QED) is 0.512. The number of nitrogens with zero attached hydrogens (tertiary/aromatic N) is 1. The van der Waals surface area contributed by atoms with Crippen LogP contribution < -0.4 is 0 Å². The van der Waals surface area contributed by atoms with Gasteiger partial charge in [-0.2, -0.15) is 0 Å². The van der Waals surface area contributed by atoms with Gasteiger partial charge in [0.05, 0.1) is 4.92 Å². The summed E-state index contributed by atoms with van der Waals surface area (Å²) in [5, 5.41) is 11.5. The van der Waals surface area contributed by atoms with Gasteiger partial charge >= 0.3 is 0 Å². The minimum atomic E-state index is -0.430. The summed E-state index contributed by atoms with van der Waals surface area (Å²) in [6, 6.07) is 4.63. The molecule has 0 amide bonds. The van der Waals surface area contributed by atoms with Gasteiger partial charge in [-0.15, -0.1) is 0 Å². The standard InChI is InChI=1S/C13H12N2O3/c1-8(5-9(2)16)12-7-14-13-4-3-10(15(17)18)6-11(12)13/h3-7,14H,1-2H3/b8-5+. The second kappa shape index (κ2) is 4.44. The van der Waals surface area contributed by atoms with Gasteiger partial charge in [-0.1, -0.05) is 0 Å². The van der Waals surface area contributed by atoms with Crippen molar-refractivity contribution >= 4 is 27.9 Å². The maximum absolute atomic E-state index is 11.1. The van der Waals surface area contributed by atoms with Crippen LogP contribution in [0, 0.1) is 10.1 Å². The molecule has 0 saturated heterocycles. The van der Waals surface area contributed by atoms with Gasteiger partial charge in [-0.3, -0.25) is 14.9 Å². The highest BCUT2D eigenvalue weighted by molar-refractivity contribution is 6.00. The fraction of sp³-hybridized carbons (Fsp3) is 0.154. The fourth-order valence-corrected chi connectivity index (χ4v) is 1.93. The highest BCUT2D eigenvalue weighted by atomic mass is 16.6. The molecule has 0 unspecified atom stereocenters. The number of aromatic amines is 1. The molecule has 1 aromatic heterocycles. The van der Waals surface area contributed by atoms with Crippen molar-refractivity contribution in [2.24, 2.45) is 0 Å². The van der Waals surface area contributed by atoms with Crippen LogP contribution in [0.1, 0.15) is 19.4 Å². The van der Waals surface area contributed by atoms with Gasteiger partial charge < -0.3 is 4.98 Å². The summed E-state index contributed by atoms with van der Waals surface area (Å²) >= 11 is 0. The van der Waals surface area contributed by atoms with Crippen LogP contribution in [0.25, 0.3) is 16.5 Å². The molecule has 0 aliphatic carbocycles. The zero-order chi connectivity index (χ0) is 13.3. The first kappa shape index (κ1) is 12.0. The zero-order valence-electron chi connectivity index (χ0n) is 10.1. The number of ketones is 1. The maximum atomic E-state index is 11.1. The van der Waals surface area contributed by atoms with Crippen LogP contribution in [-0.4, -0.2) is 15.7 Å². The maximum Gasteiger partial charge on any atom is 0.270 e. The summed E-state index contributed by atoms with van der Waals surface area (Å²) in [6.45, 7) is 3.28. The Hall–Kier alpha value is -2.43. The molecular weight excluding hydrogens is 232 g/mol. The van der Waals surface area contributed by atoms with Gasteiger partial charge in [-0.25, -0.2) is 0 Å². The lowest BCUT2D eigenvalue weighted by molar-refractivity contribution is -0.384. The lowest BCUT2D eigenvalue weighted by Crippen LogP contribution is -1.88. The molecule has 0 fully saturated rings. The number of fused-ring (bicyclic) bond motifs is 1. The molecular formula is C13H12N2O3. The van der Waals surface area contributed by atoms with E-state index < -0.39 is 4.92 Å². The fourth-order valence-electron chi connectivity index (χ4n) is 1.93. The lowest BCUT2D eigenvalue weighted by atomic mass is 10.0. The smallest absolute Gasteiger partial charge is 0.270 e. The average molecular weight is 244 g/mol. The van der Waals surface area contributed by atoms with Gasteiger partial charge in [0.25, 0.3) is 5.69 Å². The average Bonchev–Trinajstić information content (AvgIpc) is 2.70. The Morgan fingerprint density at radius 2 is 2.11 bits per heavy atom. The van der Waals surface area contributed by atoms with Crippen molar-refractivity contribution in [2.75, 3.05) is 0 Å². The van der Waals surface area contributed by atoms with E-state index in [0.29, 0.717) is 0 Å². The Balaban J connectivity index is 2.62. The first-order chi connectivity index (χ1) is 8.49. The Bertz CT molecular complexity index is 668. The second-order valence-electron chi connectivity index (χ2n) is 4.13. The highest BCUT2D eigenvalue weighted by Crippen LogP contribution is 2.28. The summed E-state index contributed by atoms with van der Waals surface area (Å²) in [7, 11) is 0. The van der Waals surface area contributed by atoms with Crippen molar-refractivity contribution in [3.05, 3.63) is 46.1 Å². The summed E-state index contributed by atoms with van der Waals surface area (Å²) < 4.78 is 0. The van der Waals surface area contributed by atoms with Crippen LogP contribution in [0.4, 0.5) is 5.69 Å². The molecule has 1 N–H and O–H groups in total. The lowest BCUT2D eigenvalue weighted by Gasteiger charge is -1.98. The molecule has 0 radical (unpaired) electrons. The molecule has 0 atom stereocenters. The SMILES string of the molecule is CC(=O)/C=C(\C)c1c[nH]c2ccc([N+](=O)[O-])cc12. The van der Waals surface area contributed by atoms with E-state index in [0.717, 1.165) is 22.0 Å². The number of H-pyrrole nitrogens is 1. The number of rotatable bonds is 3. The van der Waals surface area contributed by atoms with E-state index in [-0.39, 0.29) is 11.5 Å². The number of carbonyl (C=O) groups excluding carboxylic acids is 1. The number of hydrogen-bond acceptors (Lipinski definition) is 3. The van der Waals surface area contributed by atoms with E-state index in [1.165, 1.54) is 25.1 Å². The first-order valence-electron chi connectivity index (χ1n) is 5.44. The Labute approximate surface area is 103 Å². The summed E-state index contributed by atoms with van der Waals surface area (Å²) in [4.78, 5) is 24.4. The Morgan fingerprint density at radius 1 is 1.39 bits per heavy atom. The number of carbonyl (C=O) groups is 1. The number of allylic oxidation sites excluding steroid dienone is 2. The van der Waals surface area contributed by atoms with Crippen molar-refractivity contribution in [1.82, 2.24) is 4.98 Å². The van der Waals surface area contributed by atoms with Crippen LogP contribution in [0.2, 0.25) is 0 Å². The van der Waals surface area contributed by atoms with Crippen molar-refractivity contribution in [3.63, 3.8) is 0 Å². The van der Waals surface area contributed by atoms with Crippen molar-refractivity contribution in [3.8, 4) is 0 Å². The molecule has 0 aliphatic rings. The van der Waals surface area contributed by atoms with Crippen LogP contribution in [0.3, 0.4) is 0 Å². The largest absolute Gasteiger partial charge is 0.361 e. The molecule has 18 heavy (non-hydrogen) atoms. The predicted molar refractivity (Wildman–Crippen MR) is 69.3 cm³/mol. The number of nitro benzene ring substituents is 1. The Kier molecular flexibility index (Phi) is 2.97. The minimum Gasteiger partial charge on any atom is -0.361 e. The van der Waals surface area contributed by atoms with Gasteiger partial charge in [-0.05, 0) is 31.6 Å². The van der Waals surface area contributed by atoms with Crippen LogP contribution in [-0.2, 0) is 4.79 Å². The van der Waals surface area contributed by atoms with Gasteiger partial charge in [0.15, 0.2) is 5.78 Å². The minimum absolute atomic E-state index is 0.0407. The molecule has 0 bridgehead atoms. The molecule has 0 spiro atoms. The van der Waals surface area contributed by atoms with Gasteiger partial charge in [0.2, 0.25) is 0 Å². The number of non-ortho nitro benzene ring substituents is 1. The number of nitro groups is 1. The molecule has 2 rings (SSSR count). The molecule has 0 aliphatic heterocycles. The van der Waals surface area contributed by atoms with E-state index in [1.54, 1.807) is 12.3 Å². The Morgan fingerprint density at radius 3 is 2.72 bits per heavy atom. The molecule has 2 aromatic rings. The first-order valence-corrected chi connectivity index (χ1v) is 5.44. The normalized spacial score (nSPS) is 11.8. The van der Waals surface area contributed by atoms with E-state index in [2.05, 4.69) is 4.98 Å². The van der Waals surface area contributed by atoms with E-state index in [9.17, 15) is 14.9 Å². The molecule has 92 valence electrons. The van der Waals surface area contributed by atoms with Crippen LogP contribution in [0.5, 0.6) is 0 Å². The van der Waals surface area contributed by atoms with Crippen LogP contribution in [0.15, 0.2) is 30.5 Å². The monoisotopic (exact) mass is 244 g/mol. The van der Waals surface area contributed by atoms with Gasteiger partial charge in [0.1, 0.15) is 0 Å². The topological polar surface area (TPSA) is 76.0 Å². The van der Waals surface area contributed by atoms with E-state index in [4.69, 9.17) is 0 Å². The van der Waals surface area contributed by atoms with Crippen molar-refractivity contribution < 1.29 is 9.72 Å². The van der Waals surface area contributed by atoms with Gasteiger partial charge in [0, 0.05) is 34.8 Å². The predicted octanol–water partition coefficient (Wildman–Crippen LogP) is 3.07. The molecule has 1 aromatic carbocycles. The van der Waals surface area contributed by atoms with Crippen molar-refractivity contribution in [2.45, 2.75) is 13.8 Å². The van der Waals surface area contributed by atoms with E-state index in [1.807, 2.05) is 6.92 Å². The molecule has 0 saturated carbocycles. The van der Waals surface area contributed by atoms with Crippen molar-refractivity contribution in [1.29, 1.82) is 0 Å². The third-order valence-corrected chi connectivity index (χ3v) is 2.72. The number of benzene rings is 1. The molecule has 5 heteroatoms. The second-order valence-corrected chi connectivity index (χ2v) is 4.13. The zero-order valence-corrected chi connectivity index (χ0v) is 10.1. The third kappa shape index (κ3) is 2.15. The summed E-state index contributed by atoms with van der Waals surface area (Å²) in [5.41, 5.74) is 2.45. The van der Waals surface area contributed by atoms with Crippen LogP contribution >= 0.6 is 0 Å². The highest BCUT2D eigenvalue weighted by Gasteiger charge is 2.11. The molecule has 5 nitrogen and oxygen atoms in total. The summed E-state index contributed by atoms with van der Waals surface area (Å²) in [6.07, 6.45) is 3.27. The third-order valence-electron chi connectivity index (χ3n) is 2.72. The number of hydrogen-bond donors (Lipinski definition) is 1. The number of aromatic nitrogens is 1. The van der Waals surface area contributed by atoms with E-state index >= 15 is 0 Å². The number of nitrogens with one attached hydrogen (secondary N) is 1. The summed E-state index contributed by atoms with van der Waals surface area (Å²) in [5.74, 6) is -0.0488. The molecule has 1 heterocycles.